The van der Waals surface area contributed by atoms with Gasteiger partial charge in [0.1, 0.15) is 6.61 Å². The largest absolute Gasteiger partial charge is 0.483 e. The Morgan fingerprint density at radius 2 is 1.96 bits per heavy atom. The molecule has 6 rings (SSSR count). The first kappa shape index (κ1) is 16.4. The smallest absolute Gasteiger partial charge is 0.276 e. The number of hydrogen-bond donors (Lipinski definition) is 0. The number of fused-ring (bicyclic) bond motifs is 5. The first-order valence-electron chi connectivity index (χ1n) is 10.1. The molecule has 0 spiro atoms. The lowest BCUT2D eigenvalue weighted by molar-refractivity contribution is -0.147. The first-order chi connectivity index (χ1) is 13.7. The molecule has 2 bridgehead atoms. The molecule has 6 nitrogen and oxygen atoms in total. The number of amides is 1. The summed E-state index contributed by atoms with van der Waals surface area (Å²) < 4.78 is 14.3. The van der Waals surface area contributed by atoms with Crippen LogP contribution >= 0.6 is 0 Å². The Kier molecular flexibility index (Phi) is 3.48. The molecule has 1 saturated carbocycles. The van der Waals surface area contributed by atoms with Gasteiger partial charge in [0, 0.05) is 17.8 Å². The molecule has 4 heterocycles. The van der Waals surface area contributed by atoms with Crippen molar-refractivity contribution in [2.24, 2.45) is 0 Å². The van der Waals surface area contributed by atoms with Crippen molar-refractivity contribution in [3.8, 4) is 5.75 Å². The summed E-state index contributed by atoms with van der Waals surface area (Å²) in [5.41, 5.74) is 2.11. The summed E-state index contributed by atoms with van der Waals surface area (Å²) >= 11 is 0. The second-order valence-corrected chi connectivity index (χ2v) is 8.26. The molecule has 2 unspecified atom stereocenters. The van der Waals surface area contributed by atoms with Crippen LogP contribution < -0.4 is 10.2 Å². The minimum Gasteiger partial charge on any atom is -0.483 e. The molecule has 6 heteroatoms. The molecule has 4 atom stereocenters. The normalized spacial score (nSPS) is 29.6. The molecule has 1 amide bonds. The van der Waals surface area contributed by atoms with E-state index in [9.17, 15) is 9.59 Å². The quantitative estimate of drug-likeness (QED) is 0.824. The molecule has 1 aromatic carbocycles. The van der Waals surface area contributed by atoms with Crippen molar-refractivity contribution < 1.29 is 14.3 Å². The predicted molar refractivity (Wildman–Crippen MR) is 101 cm³/mol. The molecule has 28 heavy (non-hydrogen) atoms. The van der Waals surface area contributed by atoms with Crippen LogP contribution in [0.5, 0.6) is 5.75 Å². The summed E-state index contributed by atoms with van der Waals surface area (Å²) in [7, 11) is 0. The van der Waals surface area contributed by atoms with E-state index < -0.39 is 0 Å². The standard InChI is InChI=1S/C22H22N2O4/c25-18-11-15-7-9-17-22-24(14-6-8-16(10-14)28-22)21(26)19(23(15)17)20(18)27-12-13-4-2-1-3-5-13/h1-5,11,14,16-17,22H,6-10,12H2/t14?,16?,17-,22+/m1/s1. The van der Waals surface area contributed by atoms with Crippen LogP contribution in [0.4, 0.5) is 0 Å². The van der Waals surface area contributed by atoms with Crippen molar-refractivity contribution >= 4 is 5.91 Å². The lowest BCUT2D eigenvalue weighted by atomic mass is 10.0. The van der Waals surface area contributed by atoms with Gasteiger partial charge < -0.3 is 18.9 Å². The topological polar surface area (TPSA) is 60.8 Å². The van der Waals surface area contributed by atoms with Gasteiger partial charge in [-0.05, 0) is 37.7 Å². The summed E-state index contributed by atoms with van der Waals surface area (Å²) in [4.78, 5) is 28.3. The highest BCUT2D eigenvalue weighted by Crippen LogP contribution is 2.46. The number of rotatable bonds is 3. The minimum absolute atomic E-state index is 0.0748. The van der Waals surface area contributed by atoms with Crippen LogP contribution in [-0.2, 0) is 17.8 Å². The summed E-state index contributed by atoms with van der Waals surface area (Å²) in [5, 5.41) is 0. The van der Waals surface area contributed by atoms with E-state index in [1.54, 1.807) is 6.07 Å². The fraction of sp³-hybridized carbons (Fsp3) is 0.455. The number of benzene rings is 1. The van der Waals surface area contributed by atoms with Gasteiger partial charge in [0.15, 0.2) is 17.7 Å². The van der Waals surface area contributed by atoms with Crippen molar-refractivity contribution in [1.82, 2.24) is 9.47 Å². The van der Waals surface area contributed by atoms with Gasteiger partial charge in [0.25, 0.3) is 5.91 Å². The number of carbonyl (C=O) groups excluding carboxylic acids is 1. The fourth-order valence-electron chi connectivity index (χ4n) is 5.44. The molecule has 1 aliphatic carbocycles. The molecule has 2 aromatic rings. The highest BCUT2D eigenvalue weighted by atomic mass is 16.5. The van der Waals surface area contributed by atoms with E-state index in [2.05, 4.69) is 0 Å². The van der Waals surface area contributed by atoms with Crippen LogP contribution in [0.2, 0.25) is 0 Å². The zero-order chi connectivity index (χ0) is 18.8. The average molecular weight is 378 g/mol. The Morgan fingerprint density at radius 3 is 2.82 bits per heavy atom. The van der Waals surface area contributed by atoms with Crippen LogP contribution in [0.1, 0.15) is 53.5 Å². The Morgan fingerprint density at radius 1 is 1.11 bits per heavy atom. The van der Waals surface area contributed by atoms with Gasteiger partial charge in [0.05, 0.1) is 12.1 Å². The lowest BCUT2D eigenvalue weighted by Crippen LogP contribution is -2.58. The van der Waals surface area contributed by atoms with Crippen LogP contribution in [0, 0.1) is 0 Å². The summed E-state index contributed by atoms with van der Waals surface area (Å²) in [6, 6.07) is 11.7. The number of aryl methyl sites for hydroxylation is 1. The van der Waals surface area contributed by atoms with Crippen molar-refractivity contribution in [1.29, 1.82) is 0 Å². The van der Waals surface area contributed by atoms with E-state index in [0.29, 0.717) is 5.69 Å². The molecule has 1 aromatic heterocycles. The van der Waals surface area contributed by atoms with Crippen molar-refractivity contribution in [3.05, 3.63) is 63.6 Å². The van der Waals surface area contributed by atoms with Gasteiger partial charge in [0.2, 0.25) is 5.43 Å². The number of hydrogen-bond acceptors (Lipinski definition) is 4. The third kappa shape index (κ3) is 2.24. The number of nitrogens with zero attached hydrogens (tertiary/aromatic N) is 2. The number of pyridine rings is 1. The Balaban J connectivity index is 1.45. The fourth-order valence-corrected chi connectivity index (χ4v) is 5.44. The maximum Gasteiger partial charge on any atom is 0.276 e. The molecule has 0 radical (unpaired) electrons. The molecular formula is C22H22N2O4. The van der Waals surface area contributed by atoms with Crippen LogP contribution in [0.15, 0.2) is 41.2 Å². The van der Waals surface area contributed by atoms with Gasteiger partial charge in [-0.15, -0.1) is 0 Å². The molecule has 1 saturated heterocycles. The van der Waals surface area contributed by atoms with Gasteiger partial charge in [-0.1, -0.05) is 30.3 Å². The second-order valence-electron chi connectivity index (χ2n) is 8.26. The molecule has 0 N–H and O–H groups in total. The summed E-state index contributed by atoms with van der Waals surface area (Å²) in [6.07, 6.45) is 4.62. The van der Waals surface area contributed by atoms with E-state index >= 15 is 0 Å². The second kappa shape index (κ2) is 5.95. The molecule has 144 valence electrons. The highest BCUT2D eigenvalue weighted by molar-refractivity contribution is 5.97. The highest BCUT2D eigenvalue weighted by Gasteiger charge is 2.53. The Bertz CT molecular complexity index is 1020. The summed E-state index contributed by atoms with van der Waals surface area (Å²) in [6.45, 7) is 0.270. The maximum absolute atomic E-state index is 13.6. The average Bonchev–Trinajstić information content (AvgIpc) is 3.29. The summed E-state index contributed by atoms with van der Waals surface area (Å²) in [5.74, 6) is 0.0681. The SMILES string of the molecule is O=C1c2c(OCc3ccccc3)c(=O)cc3n2[C@H](CC3)[C@@H]2OC3CCC(C3)N12. The zero-order valence-corrected chi connectivity index (χ0v) is 15.5. The lowest BCUT2D eigenvalue weighted by Gasteiger charge is -2.47. The van der Waals surface area contributed by atoms with Crippen molar-refractivity contribution in [2.45, 2.75) is 63.1 Å². The van der Waals surface area contributed by atoms with E-state index in [1.807, 2.05) is 39.8 Å². The maximum atomic E-state index is 13.6. The third-order valence-electron chi connectivity index (χ3n) is 6.66. The number of ether oxygens (including phenoxy) is 2. The minimum atomic E-state index is -0.211. The number of aromatic nitrogens is 1. The van der Waals surface area contributed by atoms with Gasteiger partial charge in [-0.2, -0.15) is 0 Å². The van der Waals surface area contributed by atoms with Crippen molar-refractivity contribution in [2.75, 3.05) is 0 Å². The monoisotopic (exact) mass is 378 g/mol. The molecule has 4 aliphatic rings. The van der Waals surface area contributed by atoms with Crippen molar-refractivity contribution in [3.63, 3.8) is 0 Å². The third-order valence-corrected chi connectivity index (χ3v) is 6.66. The molecular weight excluding hydrogens is 356 g/mol. The van der Waals surface area contributed by atoms with E-state index in [0.717, 1.165) is 43.4 Å². The van der Waals surface area contributed by atoms with Crippen LogP contribution in [0.25, 0.3) is 0 Å². The van der Waals surface area contributed by atoms with Crippen LogP contribution in [0.3, 0.4) is 0 Å². The Hall–Kier alpha value is -2.60. The Labute approximate surface area is 162 Å². The van der Waals surface area contributed by atoms with Gasteiger partial charge in [-0.3, -0.25) is 9.59 Å². The molecule has 2 fully saturated rings. The van der Waals surface area contributed by atoms with Gasteiger partial charge in [-0.25, -0.2) is 0 Å². The van der Waals surface area contributed by atoms with Gasteiger partial charge >= 0.3 is 0 Å². The van der Waals surface area contributed by atoms with Crippen LogP contribution in [-0.4, -0.2) is 33.7 Å². The van der Waals surface area contributed by atoms with E-state index in [4.69, 9.17) is 9.47 Å². The predicted octanol–water partition coefficient (Wildman–Crippen LogP) is 2.65. The molecule has 3 aliphatic heterocycles. The van der Waals surface area contributed by atoms with E-state index in [1.165, 1.54) is 0 Å². The van der Waals surface area contributed by atoms with E-state index in [-0.39, 0.29) is 48.1 Å². The number of carbonyl (C=O) groups is 1. The zero-order valence-electron chi connectivity index (χ0n) is 15.5. The first-order valence-corrected chi connectivity index (χ1v) is 10.1.